The summed E-state index contributed by atoms with van der Waals surface area (Å²) in [6.45, 7) is 5.78. The quantitative estimate of drug-likeness (QED) is 0.869. The van der Waals surface area contributed by atoms with Gasteiger partial charge in [-0.15, -0.1) is 0 Å². The van der Waals surface area contributed by atoms with Crippen LogP contribution in [-0.4, -0.2) is 54.7 Å². The third-order valence-corrected chi connectivity index (χ3v) is 4.27. The predicted molar refractivity (Wildman–Crippen MR) is 81.0 cm³/mol. The summed E-state index contributed by atoms with van der Waals surface area (Å²) in [6.07, 6.45) is 2.85. The molecule has 0 aliphatic carbocycles. The molecule has 2 aliphatic rings. The second-order valence-corrected chi connectivity index (χ2v) is 5.83. The highest BCUT2D eigenvalue weighted by atomic mass is 16.5. The van der Waals surface area contributed by atoms with Gasteiger partial charge in [0.15, 0.2) is 0 Å². The van der Waals surface area contributed by atoms with E-state index in [9.17, 15) is 4.79 Å². The minimum atomic E-state index is 0.0461. The van der Waals surface area contributed by atoms with Crippen LogP contribution in [0.1, 0.15) is 13.3 Å². The van der Waals surface area contributed by atoms with Gasteiger partial charge in [0.05, 0.1) is 30.5 Å². The number of carbonyl (C=O) groups is 1. The Balaban J connectivity index is 1.55. The van der Waals surface area contributed by atoms with Crippen molar-refractivity contribution in [3.8, 4) is 0 Å². The Morgan fingerprint density at radius 3 is 2.67 bits per heavy atom. The highest BCUT2D eigenvalue weighted by Gasteiger charge is 2.32. The van der Waals surface area contributed by atoms with Crippen molar-refractivity contribution >= 4 is 17.4 Å². The molecule has 2 saturated heterocycles. The highest BCUT2D eigenvalue weighted by Crippen LogP contribution is 2.23. The minimum Gasteiger partial charge on any atom is -0.384 e. The van der Waals surface area contributed by atoms with Crippen LogP contribution in [0.2, 0.25) is 0 Å². The molecule has 1 aromatic heterocycles. The molecule has 2 N–H and O–H groups in total. The van der Waals surface area contributed by atoms with Crippen molar-refractivity contribution in [3.63, 3.8) is 0 Å². The van der Waals surface area contributed by atoms with E-state index in [0.29, 0.717) is 12.4 Å². The fourth-order valence-corrected chi connectivity index (χ4v) is 3.02. The number of nitrogen functional groups attached to an aromatic ring is 1. The highest BCUT2D eigenvalue weighted by molar-refractivity contribution is 5.79. The first kappa shape index (κ1) is 14.1. The van der Waals surface area contributed by atoms with E-state index in [1.54, 1.807) is 6.20 Å². The molecule has 1 aromatic rings. The van der Waals surface area contributed by atoms with E-state index < -0.39 is 0 Å². The molecule has 2 unspecified atom stereocenters. The Kier molecular flexibility index (Phi) is 3.96. The zero-order chi connectivity index (χ0) is 14.8. The summed E-state index contributed by atoms with van der Waals surface area (Å²) < 4.78 is 5.50. The Morgan fingerprint density at radius 1 is 1.33 bits per heavy atom. The number of carbonyl (C=O) groups excluding carboxylic acids is 1. The summed E-state index contributed by atoms with van der Waals surface area (Å²) in [6, 6.07) is 3.79. The number of rotatable bonds is 2. The smallest absolute Gasteiger partial charge is 0.228 e. The van der Waals surface area contributed by atoms with Gasteiger partial charge in [0.1, 0.15) is 5.82 Å². The molecule has 2 aliphatic heterocycles. The van der Waals surface area contributed by atoms with Crippen LogP contribution < -0.4 is 10.6 Å². The molecule has 1 amide bonds. The Morgan fingerprint density at radius 2 is 2.10 bits per heavy atom. The molecular formula is C15H22N4O2. The van der Waals surface area contributed by atoms with E-state index in [-0.39, 0.29) is 17.9 Å². The third kappa shape index (κ3) is 3.10. The van der Waals surface area contributed by atoms with E-state index >= 15 is 0 Å². The number of aromatic nitrogens is 1. The van der Waals surface area contributed by atoms with Crippen LogP contribution >= 0.6 is 0 Å². The number of hydrogen-bond acceptors (Lipinski definition) is 5. The Bertz CT molecular complexity index is 497. The first-order chi connectivity index (χ1) is 10.1. The number of nitrogens with two attached hydrogens (primary N) is 1. The Labute approximate surface area is 124 Å². The number of piperazine rings is 1. The van der Waals surface area contributed by atoms with Gasteiger partial charge < -0.3 is 20.3 Å². The van der Waals surface area contributed by atoms with E-state index in [4.69, 9.17) is 10.5 Å². The average Bonchev–Trinajstić information content (AvgIpc) is 2.94. The van der Waals surface area contributed by atoms with E-state index in [2.05, 4.69) is 9.88 Å². The van der Waals surface area contributed by atoms with Crippen LogP contribution in [0, 0.1) is 5.92 Å². The number of hydrogen-bond donors (Lipinski definition) is 1. The van der Waals surface area contributed by atoms with Crippen LogP contribution in [-0.2, 0) is 9.53 Å². The van der Waals surface area contributed by atoms with Crippen molar-refractivity contribution in [1.29, 1.82) is 0 Å². The number of anilines is 2. The lowest BCUT2D eigenvalue weighted by Gasteiger charge is -2.36. The molecule has 6 heteroatoms. The molecule has 2 atom stereocenters. The molecule has 3 heterocycles. The Hall–Kier alpha value is -1.82. The SMILES string of the molecule is CC1CC(C(=O)N2CCN(c3ccc(N)nc3)CC2)CO1. The van der Waals surface area contributed by atoms with Crippen LogP contribution in [0.5, 0.6) is 0 Å². The van der Waals surface area contributed by atoms with Gasteiger partial charge in [-0.2, -0.15) is 0 Å². The standard InChI is InChI=1S/C15H22N4O2/c1-11-8-12(10-21-11)15(20)19-6-4-18(5-7-19)13-2-3-14(16)17-9-13/h2-3,9,11-12H,4-8,10H2,1H3,(H2,16,17). The van der Waals surface area contributed by atoms with E-state index in [1.165, 1.54) is 0 Å². The number of ether oxygens (including phenoxy) is 1. The van der Waals surface area contributed by atoms with Gasteiger partial charge >= 0.3 is 0 Å². The zero-order valence-corrected chi connectivity index (χ0v) is 12.4. The van der Waals surface area contributed by atoms with Crippen molar-refractivity contribution in [2.75, 3.05) is 43.4 Å². The summed E-state index contributed by atoms with van der Waals surface area (Å²) in [5.74, 6) is 0.821. The van der Waals surface area contributed by atoms with Crippen molar-refractivity contribution in [3.05, 3.63) is 18.3 Å². The second-order valence-electron chi connectivity index (χ2n) is 5.83. The van der Waals surface area contributed by atoms with Crippen molar-refractivity contribution in [2.45, 2.75) is 19.4 Å². The third-order valence-electron chi connectivity index (χ3n) is 4.27. The average molecular weight is 290 g/mol. The molecule has 0 bridgehead atoms. The van der Waals surface area contributed by atoms with Crippen molar-refractivity contribution in [1.82, 2.24) is 9.88 Å². The summed E-state index contributed by atoms with van der Waals surface area (Å²) in [7, 11) is 0. The van der Waals surface area contributed by atoms with Gasteiger partial charge in [-0.3, -0.25) is 4.79 Å². The summed E-state index contributed by atoms with van der Waals surface area (Å²) in [5.41, 5.74) is 6.67. The molecule has 114 valence electrons. The zero-order valence-electron chi connectivity index (χ0n) is 12.4. The van der Waals surface area contributed by atoms with Crippen molar-refractivity contribution in [2.24, 2.45) is 5.92 Å². The van der Waals surface area contributed by atoms with Gasteiger partial charge in [-0.05, 0) is 25.5 Å². The first-order valence-corrected chi connectivity index (χ1v) is 7.50. The number of nitrogens with zero attached hydrogens (tertiary/aromatic N) is 3. The minimum absolute atomic E-state index is 0.0461. The lowest BCUT2D eigenvalue weighted by atomic mass is 10.0. The maximum absolute atomic E-state index is 12.4. The maximum atomic E-state index is 12.4. The van der Waals surface area contributed by atoms with E-state index in [1.807, 2.05) is 24.0 Å². The lowest BCUT2D eigenvalue weighted by molar-refractivity contribution is -0.135. The molecule has 0 spiro atoms. The van der Waals surface area contributed by atoms with Crippen LogP contribution in [0.25, 0.3) is 0 Å². The van der Waals surface area contributed by atoms with Crippen LogP contribution in [0.15, 0.2) is 18.3 Å². The molecule has 0 aromatic carbocycles. The summed E-state index contributed by atoms with van der Waals surface area (Å²) >= 11 is 0. The van der Waals surface area contributed by atoms with Crippen LogP contribution in [0.4, 0.5) is 11.5 Å². The van der Waals surface area contributed by atoms with Gasteiger partial charge in [0, 0.05) is 26.2 Å². The second kappa shape index (κ2) is 5.89. The number of pyridine rings is 1. The van der Waals surface area contributed by atoms with Crippen molar-refractivity contribution < 1.29 is 9.53 Å². The van der Waals surface area contributed by atoms with E-state index in [0.717, 1.165) is 38.3 Å². The maximum Gasteiger partial charge on any atom is 0.228 e. The van der Waals surface area contributed by atoms with Crippen LogP contribution in [0.3, 0.4) is 0 Å². The molecule has 2 fully saturated rings. The largest absolute Gasteiger partial charge is 0.384 e. The summed E-state index contributed by atoms with van der Waals surface area (Å²) in [4.78, 5) is 20.8. The normalized spacial score (nSPS) is 26.1. The predicted octanol–water partition coefficient (Wildman–Crippen LogP) is 0.737. The molecular weight excluding hydrogens is 268 g/mol. The molecule has 0 radical (unpaired) electrons. The number of amides is 1. The molecule has 0 saturated carbocycles. The first-order valence-electron chi connectivity index (χ1n) is 7.50. The van der Waals surface area contributed by atoms with Gasteiger partial charge in [-0.25, -0.2) is 4.98 Å². The van der Waals surface area contributed by atoms with Gasteiger partial charge in [-0.1, -0.05) is 0 Å². The fraction of sp³-hybridized carbons (Fsp3) is 0.600. The topological polar surface area (TPSA) is 71.7 Å². The lowest BCUT2D eigenvalue weighted by Crippen LogP contribution is -2.50. The van der Waals surface area contributed by atoms with Gasteiger partial charge in [0.2, 0.25) is 5.91 Å². The molecule has 3 rings (SSSR count). The molecule has 21 heavy (non-hydrogen) atoms. The fourth-order valence-electron chi connectivity index (χ4n) is 3.02. The molecule has 6 nitrogen and oxygen atoms in total. The monoisotopic (exact) mass is 290 g/mol. The summed E-state index contributed by atoms with van der Waals surface area (Å²) in [5, 5.41) is 0. The van der Waals surface area contributed by atoms with Gasteiger partial charge in [0.25, 0.3) is 0 Å².